The molecule has 1 heterocycles. The SMILES string of the molecule is COCC1(CN)CCN(COC(=O)C2CCC2)CC1. The maximum Gasteiger partial charge on any atom is 0.310 e. The first kappa shape index (κ1) is 14.8. The predicted molar refractivity (Wildman–Crippen MR) is 72.5 cm³/mol. The fourth-order valence-electron chi connectivity index (χ4n) is 2.79. The Balaban J connectivity index is 1.69. The van der Waals surface area contributed by atoms with Crippen LogP contribution in [0.25, 0.3) is 0 Å². The second kappa shape index (κ2) is 6.68. The molecule has 0 aromatic heterocycles. The van der Waals surface area contributed by atoms with Crippen LogP contribution in [0.1, 0.15) is 32.1 Å². The molecule has 5 heteroatoms. The number of nitrogens with two attached hydrogens (primary N) is 1. The highest BCUT2D eigenvalue weighted by Gasteiger charge is 2.34. The van der Waals surface area contributed by atoms with Gasteiger partial charge in [0.15, 0.2) is 0 Å². The number of rotatable bonds is 6. The van der Waals surface area contributed by atoms with E-state index < -0.39 is 0 Å². The third kappa shape index (κ3) is 3.68. The van der Waals surface area contributed by atoms with Crippen molar-refractivity contribution in [2.45, 2.75) is 32.1 Å². The summed E-state index contributed by atoms with van der Waals surface area (Å²) >= 11 is 0. The Kier molecular flexibility index (Phi) is 5.19. The fraction of sp³-hybridized carbons (Fsp3) is 0.929. The summed E-state index contributed by atoms with van der Waals surface area (Å²) in [6.07, 6.45) is 5.20. The lowest BCUT2D eigenvalue weighted by atomic mass is 9.79. The molecule has 110 valence electrons. The molecule has 0 bridgehead atoms. The van der Waals surface area contributed by atoms with Crippen LogP contribution in [0.3, 0.4) is 0 Å². The standard InChI is InChI=1S/C14H26N2O3/c1-18-10-14(9-15)5-7-16(8-6-14)11-19-13(17)12-3-2-4-12/h12H,2-11,15H2,1H3. The van der Waals surface area contributed by atoms with Gasteiger partial charge in [-0.05, 0) is 25.7 Å². The number of nitrogens with zero attached hydrogens (tertiary/aromatic N) is 1. The van der Waals surface area contributed by atoms with E-state index in [1.54, 1.807) is 7.11 Å². The number of piperidine rings is 1. The Morgan fingerprint density at radius 2 is 2.05 bits per heavy atom. The van der Waals surface area contributed by atoms with E-state index in [9.17, 15) is 4.79 Å². The van der Waals surface area contributed by atoms with Gasteiger partial charge in [-0.3, -0.25) is 9.69 Å². The van der Waals surface area contributed by atoms with Crippen LogP contribution in [-0.2, 0) is 14.3 Å². The average molecular weight is 270 g/mol. The molecular weight excluding hydrogens is 244 g/mol. The summed E-state index contributed by atoms with van der Waals surface area (Å²) in [5.74, 6) is 0.153. The first-order valence-corrected chi connectivity index (χ1v) is 7.27. The lowest BCUT2D eigenvalue weighted by Crippen LogP contribution is -2.47. The number of ether oxygens (including phenoxy) is 2. The summed E-state index contributed by atoms with van der Waals surface area (Å²) in [6.45, 7) is 3.68. The lowest BCUT2D eigenvalue weighted by Gasteiger charge is -2.40. The minimum absolute atomic E-state index is 0.0150. The van der Waals surface area contributed by atoms with E-state index in [1.807, 2.05) is 0 Å². The van der Waals surface area contributed by atoms with E-state index in [0.29, 0.717) is 13.3 Å². The Morgan fingerprint density at radius 3 is 2.53 bits per heavy atom. The minimum atomic E-state index is -0.0150. The predicted octanol–water partition coefficient (Wildman–Crippen LogP) is 0.974. The monoisotopic (exact) mass is 270 g/mol. The first-order valence-electron chi connectivity index (χ1n) is 7.27. The van der Waals surface area contributed by atoms with Gasteiger partial charge < -0.3 is 15.2 Å². The maximum absolute atomic E-state index is 11.7. The molecule has 1 aliphatic carbocycles. The van der Waals surface area contributed by atoms with Gasteiger partial charge in [0.1, 0.15) is 6.73 Å². The summed E-state index contributed by atoms with van der Waals surface area (Å²) in [5.41, 5.74) is 5.99. The number of esters is 1. The van der Waals surface area contributed by atoms with E-state index in [1.165, 1.54) is 6.42 Å². The smallest absolute Gasteiger partial charge is 0.310 e. The van der Waals surface area contributed by atoms with Crippen LogP contribution in [-0.4, -0.2) is 51.0 Å². The van der Waals surface area contributed by atoms with Gasteiger partial charge in [0.25, 0.3) is 0 Å². The largest absolute Gasteiger partial charge is 0.449 e. The van der Waals surface area contributed by atoms with Gasteiger partial charge in [-0.15, -0.1) is 0 Å². The Morgan fingerprint density at radius 1 is 1.37 bits per heavy atom. The van der Waals surface area contributed by atoms with Crippen molar-refractivity contribution < 1.29 is 14.3 Å². The summed E-state index contributed by atoms with van der Waals surface area (Å²) in [4.78, 5) is 13.9. The van der Waals surface area contributed by atoms with Crippen molar-refractivity contribution in [2.24, 2.45) is 17.1 Å². The summed E-state index contributed by atoms with van der Waals surface area (Å²) in [7, 11) is 1.73. The number of carbonyl (C=O) groups is 1. The summed E-state index contributed by atoms with van der Waals surface area (Å²) in [5, 5.41) is 0. The average Bonchev–Trinajstić information content (AvgIpc) is 2.36. The molecule has 0 aromatic carbocycles. The highest BCUT2D eigenvalue weighted by molar-refractivity contribution is 5.73. The molecule has 2 N–H and O–H groups in total. The van der Waals surface area contributed by atoms with Crippen LogP contribution >= 0.6 is 0 Å². The third-order valence-electron chi connectivity index (χ3n) is 4.63. The Bertz CT molecular complexity index is 297. The van der Waals surface area contributed by atoms with Crippen LogP contribution in [0, 0.1) is 11.3 Å². The molecule has 0 atom stereocenters. The molecule has 0 radical (unpaired) electrons. The Hall–Kier alpha value is -0.650. The molecule has 0 unspecified atom stereocenters. The zero-order valence-electron chi connectivity index (χ0n) is 11.9. The molecule has 0 amide bonds. The van der Waals surface area contributed by atoms with Crippen LogP contribution in [0.15, 0.2) is 0 Å². The molecule has 2 rings (SSSR count). The lowest BCUT2D eigenvalue weighted by molar-refractivity contribution is -0.157. The second-order valence-corrected chi connectivity index (χ2v) is 5.98. The van der Waals surface area contributed by atoms with Gasteiger partial charge in [0, 0.05) is 32.2 Å². The topological polar surface area (TPSA) is 64.8 Å². The number of likely N-dealkylation sites (tertiary alicyclic amines) is 1. The third-order valence-corrected chi connectivity index (χ3v) is 4.63. The van der Waals surface area contributed by atoms with Gasteiger partial charge in [0.05, 0.1) is 12.5 Å². The van der Waals surface area contributed by atoms with Crippen LogP contribution in [0.4, 0.5) is 0 Å². The minimum Gasteiger partial charge on any atom is -0.449 e. The summed E-state index contributed by atoms with van der Waals surface area (Å²) in [6, 6.07) is 0. The molecule has 1 aliphatic heterocycles. The first-order chi connectivity index (χ1) is 9.19. The molecule has 19 heavy (non-hydrogen) atoms. The molecule has 2 aliphatic rings. The van der Waals surface area contributed by atoms with Crippen molar-refractivity contribution in [3.8, 4) is 0 Å². The molecule has 1 saturated heterocycles. The number of hydrogen-bond donors (Lipinski definition) is 1. The van der Waals surface area contributed by atoms with Gasteiger partial charge in [-0.1, -0.05) is 6.42 Å². The van der Waals surface area contributed by atoms with Gasteiger partial charge in [-0.25, -0.2) is 0 Å². The van der Waals surface area contributed by atoms with Crippen molar-refractivity contribution in [3.05, 3.63) is 0 Å². The number of carbonyl (C=O) groups excluding carboxylic acids is 1. The quantitative estimate of drug-likeness (QED) is 0.729. The molecule has 5 nitrogen and oxygen atoms in total. The van der Waals surface area contributed by atoms with Crippen LogP contribution in [0.5, 0.6) is 0 Å². The number of hydrogen-bond acceptors (Lipinski definition) is 5. The summed E-state index contributed by atoms with van der Waals surface area (Å²) < 4.78 is 10.7. The van der Waals surface area contributed by atoms with E-state index in [0.717, 1.165) is 45.4 Å². The van der Waals surface area contributed by atoms with Crippen molar-refractivity contribution in [1.82, 2.24) is 4.90 Å². The fourth-order valence-corrected chi connectivity index (χ4v) is 2.79. The second-order valence-electron chi connectivity index (χ2n) is 5.98. The van der Waals surface area contributed by atoms with Gasteiger partial charge in [-0.2, -0.15) is 0 Å². The maximum atomic E-state index is 11.7. The van der Waals surface area contributed by atoms with Crippen molar-refractivity contribution in [2.75, 3.05) is 40.1 Å². The number of methoxy groups -OCH3 is 1. The molecular formula is C14H26N2O3. The van der Waals surface area contributed by atoms with Crippen molar-refractivity contribution in [3.63, 3.8) is 0 Å². The molecule has 2 fully saturated rings. The molecule has 0 spiro atoms. The van der Waals surface area contributed by atoms with Crippen molar-refractivity contribution >= 4 is 5.97 Å². The van der Waals surface area contributed by atoms with E-state index in [2.05, 4.69) is 4.90 Å². The zero-order valence-corrected chi connectivity index (χ0v) is 11.9. The molecule has 1 saturated carbocycles. The highest BCUT2D eigenvalue weighted by atomic mass is 16.5. The Labute approximate surface area is 115 Å². The normalized spacial score (nSPS) is 23.9. The van der Waals surface area contributed by atoms with E-state index >= 15 is 0 Å². The van der Waals surface area contributed by atoms with Crippen LogP contribution < -0.4 is 5.73 Å². The van der Waals surface area contributed by atoms with E-state index in [-0.39, 0.29) is 17.3 Å². The van der Waals surface area contributed by atoms with Crippen LogP contribution in [0.2, 0.25) is 0 Å². The molecule has 0 aromatic rings. The van der Waals surface area contributed by atoms with E-state index in [4.69, 9.17) is 15.2 Å². The van der Waals surface area contributed by atoms with Crippen molar-refractivity contribution in [1.29, 1.82) is 0 Å². The highest BCUT2D eigenvalue weighted by Crippen LogP contribution is 2.31. The van der Waals surface area contributed by atoms with Gasteiger partial charge in [0.2, 0.25) is 0 Å². The zero-order chi connectivity index (χ0) is 13.7. The van der Waals surface area contributed by atoms with Gasteiger partial charge >= 0.3 is 5.97 Å².